The monoisotopic (exact) mass is 1150 g/mol. The second-order valence-corrected chi connectivity index (χ2v) is 21.3. The van der Waals surface area contributed by atoms with Gasteiger partial charge in [0.05, 0.1) is 41.2 Å². The molecule has 9 rings (SSSR count). The number of ketones is 3. The molecule has 9 aromatic rings. The predicted molar refractivity (Wildman–Crippen MR) is 323 cm³/mol. The van der Waals surface area contributed by atoms with Gasteiger partial charge in [0.1, 0.15) is 17.2 Å². The Hall–Kier alpha value is -9.48. The largest absolute Gasteiger partial charge is 0.497 e. The quantitative estimate of drug-likeness (QED) is 0.0259. The Morgan fingerprint density at radius 3 is 0.894 bits per heavy atom. The van der Waals surface area contributed by atoms with Crippen molar-refractivity contribution in [1.29, 1.82) is 0 Å². The van der Waals surface area contributed by atoms with Crippen LogP contribution in [-0.2, 0) is 48.0 Å². The lowest BCUT2D eigenvalue weighted by Gasteiger charge is -2.26. The van der Waals surface area contributed by atoms with Gasteiger partial charge in [0.15, 0.2) is 34.0 Å². The molecule has 0 saturated heterocycles. The molecule has 0 radical (unpaired) electrons. The Morgan fingerprint density at radius 1 is 0.424 bits per heavy atom. The number of fused-ring (bicyclic) bond motifs is 3. The number of methoxy groups -OCH3 is 3. The summed E-state index contributed by atoms with van der Waals surface area (Å²) in [5.74, 6) is -3.88. The highest BCUT2D eigenvalue weighted by Gasteiger charge is 2.44. The number of H-pyrrole nitrogens is 3. The zero-order valence-corrected chi connectivity index (χ0v) is 47.7. The van der Waals surface area contributed by atoms with Gasteiger partial charge in [-0.3, -0.25) is 28.8 Å². The van der Waals surface area contributed by atoms with Gasteiger partial charge in [-0.2, -0.15) is 0 Å². The molecule has 21 heteroatoms. The van der Waals surface area contributed by atoms with Gasteiger partial charge < -0.3 is 77.6 Å². The Bertz CT molecular complexity index is 3630. The van der Waals surface area contributed by atoms with Crippen LogP contribution in [0.3, 0.4) is 0 Å². The maximum Gasteiger partial charge on any atom is 0.254 e. The minimum absolute atomic E-state index is 0.249. The fourth-order valence-electron chi connectivity index (χ4n) is 10.5. The summed E-state index contributed by atoms with van der Waals surface area (Å²) in [6.07, 6.45) is -0.797. The lowest BCUT2D eigenvalue weighted by Crippen LogP contribution is -2.60. The fraction of sp³-hybridized carbons (Fsp3) is 0.250. The zero-order chi connectivity index (χ0) is 61.1. The number of rotatable bonds is 24. The van der Waals surface area contributed by atoms with Crippen LogP contribution in [0.5, 0.6) is 17.2 Å². The number of aliphatic hydroxyl groups excluding tert-OH is 3. The van der Waals surface area contributed by atoms with Gasteiger partial charge in [0.2, 0.25) is 0 Å². The third kappa shape index (κ3) is 11.8. The first-order chi connectivity index (χ1) is 40.6. The summed E-state index contributed by atoms with van der Waals surface area (Å²) in [6, 6.07) is 36.1. The number of benzene rings is 6. The molecule has 3 heterocycles. The molecule has 21 nitrogen and oxygen atoms in total. The van der Waals surface area contributed by atoms with Gasteiger partial charge in [0.25, 0.3) is 17.7 Å². The molecule has 15 N–H and O–H groups in total. The molecule has 0 bridgehead atoms. The number of Topliss-reactive ketones (excluding diaryl/α,β-unsaturated/α-hetero) is 3. The average molecular weight is 1150 g/mol. The maximum atomic E-state index is 13.9. The van der Waals surface area contributed by atoms with E-state index < -0.39 is 77.4 Å². The molecular weight excluding hydrogens is 1090 g/mol. The molecule has 0 spiro atoms. The molecule has 0 aliphatic heterocycles. The Labute approximate surface area is 488 Å². The third-order valence-corrected chi connectivity index (χ3v) is 16.0. The predicted octanol–water partition coefficient (Wildman–Crippen LogP) is 5.58. The van der Waals surface area contributed by atoms with Crippen LogP contribution in [0.2, 0.25) is 0 Å². The Kier molecular flexibility index (Phi) is 17.2. The van der Waals surface area contributed by atoms with E-state index in [4.69, 9.17) is 31.4 Å². The number of anilines is 3. The average Bonchev–Trinajstić information content (AvgIpc) is 2.76. The summed E-state index contributed by atoms with van der Waals surface area (Å²) in [5, 5.41) is 41.7. The number of ether oxygens (including phenoxy) is 3. The van der Waals surface area contributed by atoms with Crippen molar-refractivity contribution in [2.45, 2.75) is 62.6 Å². The second kappa shape index (κ2) is 24.4. The van der Waals surface area contributed by atoms with Crippen molar-refractivity contribution in [3.05, 3.63) is 178 Å². The smallest absolute Gasteiger partial charge is 0.254 e. The lowest BCUT2D eigenvalue weighted by molar-refractivity contribution is -0.136. The number of amides is 3. The molecule has 0 unspecified atom stereocenters. The number of hydrogen-bond donors (Lipinski definition) is 12. The van der Waals surface area contributed by atoms with Gasteiger partial charge in [-0.25, -0.2) is 0 Å². The van der Waals surface area contributed by atoms with E-state index in [-0.39, 0.29) is 36.3 Å². The van der Waals surface area contributed by atoms with Gasteiger partial charge >= 0.3 is 0 Å². The molecule has 0 aliphatic rings. The molecule has 85 heavy (non-hydrogen) atoms. The van der Waals surface area contributed by atoms with E-state index in [0.717, 1.165) is 16.6 Å². The number of carbonyl (C=O) groups is 6. The normalized spacial score (nSPS) is 13.7. The molecule has 0 saturated carbocycles. The van der Waals surface area contributed by atoms with Crippen LogP contribution in [0.4, 0.5) is 17.1 Å². The molecule has 6 aromatic carbocycles. The van der Waals surface area contributed by atoms with Gasteiger partial charge in [-0.1, -0.05) is 36.4 Å². The molecular formula is C64H67N9O12. The molecule has 3 aromatic heterocycles. The number of aryl methyl sites for hydroxylation is 3. The number of carbonyl (C=O) groups excluding carboxylic acids is 6. The topological polar surface area (TPSA) is 352 Å². The molecule has 0 fully saturated rings. The van der Waals surface area contributed by atoms with Gasteiger partial charge in [-0.15, -0.1) is 0 Å². The first-order valence-corrected chi connectivity index (χ1v) is 27.1. The van der Waals surface area contributed by atoms with E-state index in [9.17, 15) is 44.1 Å². The van der Waals surface area contributed by atoms with Crippen molar-refractivity contribution in [3.8, 4) is 17.2 Å². The Morgan fingerprint density at radius 2 is 0.671 bits per heavy atom. The summed E-state index contributed by atoms with van der Waals surface area (Å²) in [4.78, 5) is 93.1. The molecule has 440 valence electrons. The van der Waals surface area contributed by atoms with Crippen molar-refractivity contribution in [1.82, 2.24) is 15.0 Å². The van der Waals surface area contributed by atoms with Crippen molar-refractivity contribution in [3.63, 3.8) is 0 Å². The van der Waals surface area contributed by atoms with E-state index >= 15 is 0 Å². The van der Waals surface area contributed by atoms with Gasteiger partial charge in [-0.05, 0) is 145 Å². The lowest BCUT2D eigenvalue weighted by atomic mass is 9.84. The molecule has 3 amide bonds. The number of nitrogens with two attached hydrogens (primary N) is 3. The molecule has 3 atom stereocenters. The van der Waals surface area contributed by atoms with Crippen molar-refractivity contribution < 1.29 is 58.3 Å². The first-order valence-electron chi connectivity index (χ1n) is 27.1. The minimum Gasteiger partial charge on any atom is -0.497 e. The van der Waals surface area contributed by atoms with Crippen LogP contribution >= 0.6 is 0 Å². The number of aromatic nitrogens is 3. The highest BCUT2D eigenvalue weighted by Crippen LogP contribution is 2.36. The summed E-state index contributed by atoms with van der Waals surface area (Å²) in [6.45, 7) is 2.43. The van der Waals surface area contributed by atoms with Crippen LogP contribution < -0.4 is 47.4 Å². The standard InChI is InChI=1S/C64H67N9O12/c1-34-46(49-25-43(83-4)19-22-52(49)68-34)28-55(77)62(65,31-74)59(80)71-40-13-7-37(8-14-40)58(38-9-15-41(16-10-38)72-60(81)63(66,32-75)56(78)29-47-35(2)69-53-23-20-44(84-5)26-50(47)53)39-11-17-42(18-12-39)73-61(82)64(67,33-76)57(79)30-48-36(3)70-54-24-21-45(85-6)27-51(48)54/h7-27,58,68-70,74-76H,28-33,65-67H2,1-6H3,(H,71,80)(H,72,81)(H,73,82)/t62-,63-,64-/m1/s1. The van der Waals surface area contributed by atoms with E-state index in [1.165, 1.54) is 21.3 Å². The number of hydrogen-bond acceptors (Lipinski definition) is 15. The summed E-state index contributed by atoms with van der Waals surface area (Å²) < 4.78 is 16.2. The van der Waals surface area contributed by atoms with E-state index in [2.05, 4.69) is 30.9 Å². The minimum atomic E-state index is -2.33. The van der Waals surface area contributed by atoms with E-state index in [1.807, 2.05) is 18.2 Å². The van der Waals surface area contributed by atoms with E-state index in [0.29, 0.717) is 83.9 Å². The Balaban J connectivity index is 0.964. The second-order valence-electron chi connectivity index (χ2n) is 21.3. The highest BCUT2D eigenvalue weighted by molar-refractivity contribution is 6.18. The third-order valence-electron chi connectivity index (χ3n) is 16.0. The number of nitrogens with one attached hydrogen (secondary N) is 6. The van der Waals surface area contributed by atoms with Crippen molar-refractivity contribution in [2.75, 3.05) is 57.1 Å². The van der Waals surface area contributed by atoms with E-state index in [1.54, 1.807) is 130 Å². The van der Waals surface area contributed by atoms with Crippen molar-refractivity contribution in [2.24, 2.45) is 17.2 Å². The van der Waals surface area contributed by atoms with Gasteiger partial charge in [0, 0.05) is 92.0 Å². The SMILES string of the molecule is COc1ccc2[nH]c(C)c(CC(=O)[C@](N)(CO)C(=O)Nc3ccc(C(c4ccc(NC(=O)[C@@](N)(CO)C(=O)Cc5c(C)[nH]c6ccc(OC)cc56)cc4)c4ccc(NC(=O)[C@@](N)(CO)C(=O)Cc5c(C)[nH]c6ccc(OC)cc56)cc4)cc3)c2c1. The van der Waals surface area contributed by atoms with Crippen molar-refractivity contribution >= 4 is 84.8 Å². The maximum absolute atomic E-state index is 13.9. The number of aliphatic hydroxyl groups is 3. The summed E-state index contributed by atoms with van der Waals surface area (Å²) in [5.41, 5.74) is 21.2. The number of aromatic amines is 3. The molecule has 0 aliphatic carbocycles. The zero-order valence-electron chi connectivity index (χ0n) is 47.7. The highest BCUT2D eigenvalue weighted by atomic mass is 16.5. The van der Waals surface area contributed by atoms with Crippen LogP contribution in [0.15, 0.2) is 127 Å². The van der Waals surface area contributed by atoms with Crippen LogP contribution in [0, 0.1) is 20.8 Å². The van der Waals surface area contributed by atoms with Crippen LogP contribution in [0.1, 0.15) is 56.4 Å². The fourth-order valence-corrected chi connectivity index (χ4v) is 10.5. The van der Waals surface area contributed by atoms with Crippen LogP contribution in [-0.4, -0.2) is 123 Å². The first kappa shape index (κ1) is 60.1. The summed E-state index contributed by atoms with van der Waals surface area (Å²) >= 11 is 0. The van der Waals surface area contributed by atoms with Crippen LogP contribution in [0.25, 0.3) is 32.7 Å². The summed E-state index contributed by atoms with van der Waals surface area (Å²) in [7, 11) is 4.58.